The first-order valence-electron chi connectivity index (χ1n) is 26.9. The molecule has 0 unspecified atom stereocenters. The number of imidazole rings is 1. The minimum absolute atomic E-state index is 0. The first-order valence-corrected chi connectivity index (χ1v) is 32.3. The predicted molar refractivity (Wildman–Crippen MR) is 332 cm³/mol. The molecule has 2 saturated heterocycles. The number of methoxy groups -OCH3 is 2. The number of hydrogen-bond donors (Lipinski definition) is 2. The number of amidine groups is 1. The second-order valence-corrected chi connectivity index (χ2v) is 27.1. The third-order valence-electron chi connectivity index (χ3n) is 13.8. The van der Waals surface area contributed by atoms with Gasteiger partial charge in [0.15, 0.2) is 17.1 Å². The van der Waals surface area contributed by atoms with Gasteiger partial charge >= 0.3 is 128 Å². The number of amides is 2. The SMILES string of the molecule is C.CC(=O)OI1(OC(C)=O)(OC(C)=O)OC(=O)c2ccccc21.COc1cc(N2CCN(C(=O)Cn3nc(-c4ncc[nH]4)c4cccnc43)CC2)ccc1Cl.COc1cc(N2CCN(C(=O)Cn3nc(C4=NCCN4)c4cccnc43)CC2)ccc1Cl. The maximum atomic E-state index is 13.1. The Bertz CT molecular complexity index is 3870. The number of hydrogen-bond acceptors (Lipinski definition) is 21. The van der Waals surface area contributed by atoms with Gasteiger partial charge in [-0.15, -0.1) is 0 Å². The van der Waals surface area contributed by atoms with E-state index in [1.807, 2.05) is 70.5 Å². The molecule has 4 aliphatic rings. The molecular weight excluding hydrogens is 1280 g/mol. The number of aromatic amines is 1. The number of H-pyrrole nitrogens is 1. The predicted octanol–water partition coefficient (Wildman–Crippen LogP) is 7.21. The largest absolute Gasteiger partial charge is 0.495 e. The van der Waals surface area contributed by atoms with Gasteiger partial charge in [0.05, 0.1) is 41.6 Å². The number of carbonyl (C=O) groups excluding carboxylic acids is 6. The fourth-order valence-corrected chi connectivity index (χ4v) is 18.2. The molecule has 12 rings (SSSR count). The molecule has 2 N–H and O–H groups in total. The number of anilines is 2. The number of rotatable bonds is 13. The van der Waals surface area contributed by atoms with Gasteiger partial charge in [-0.3, -0.25) is 14.6 Å². The average molecular weight is 1350 g/mol. The quantitative estimate of drug-likeness (QED) is 0.108. The van der Waals surface area contributed by atoms with Gasteiger partial charge in [0, 0.05) is 107 Å². The van der Waals surface area contributed by atoms with Gasteiger partial charge in [-0.1, -0.05) is 30.6 Å². The third kappa shape index (κ3) is 13.3. The molecule has 5 aromatic heterocycles. The van der Waals surface area contributed by atoms with Crippen LogP contribution >= 0.6 is 41.9 Å². The molecule has 458 valence electrons. The van der Waals surface area contributed by atoms with Crippen molar-refractivity contribution in [3.05, 3.63) is 135 Å². The Hall–Kier alpha value is -9.09. The summed E-state index contributed by atoms with van der Waals surface area (Å²) in [4.78, 5) is 102. The van der Waals surface area contributed by atoms with Crippen molar-refractivity contribution in [3.63, 3.8) is 0 Å². The van der Waals surface area contributed by atoms with Crippen LogP contribution in [0.15, 0.2) is 115 Å². The van der Waals surface area contributed by atoms with Crippen LogP contribution in [0.5, 0.6) is 11.5 Å². The number of aliphatic imine (C=N–C) groups is 1. The molecule has 0 radical (unpaired) electrons. The Labute approximate surface area is 512 Å². The molecule has 8 aromatic rings. The fraction of sp³-hybridized carbons (Fsp3) is 0.310. The van der Waals surface area contributed by atoms with Crippen LogP contribution < -0.4 is 24.6 Å². The maximum Gasteiger partial charge on any atom is 0.244 e. The number of piperazine rings is 2. The summed E-state index contributed by atoms with van der Waals surface area (Å²) in [5.41, 5.74) is 4.88. The average Bonchev–Trinajstić information content (AvgIpc) is 1.61. The van der Waals surface area contributed by atoms with Gasteiger partial charge < -0.3 is 39.4 Å². The van der Waals surface area contributed by atoms with Crippen LogP contribution in [0.1, 0.15) is 44.2 Å². The summed E-state index contributed by atoms with van der Waals surface area (Å²) in [5.74, 6) is -0.883. The van der Waals surface area contributed by atoms with Gasteiger partial charge in [0.2, 0.25) is 11.8 Å². The Kier molecular flexibility index (Phi) is 19.1. The van der Waals surface area contributed by atoms with Crippen LogP contribution in [0.4, 0.5) is 11.4 Å². The van der Waals surface area contributed by atoms with E-state index in [0.717, 1.165) is 93.7 Å². The van der Waals surface area contributed by atoms with Crippen LogP contribution in [0.25, 0.3) is 33.6 Å². The Morgan fingerprint density at radius 1 is 0.621 bits per heavy atom. The molecule has 2 amide bonds. The van der Waals surface area contributed by atoms with Gasteiger partial charge in [-0.2, -0.15) is 10.2 Å². The monoisotopic (exact) mass is 1340 g/mol. The minimum Gasteiger partial charge on any atom is -0.495 e. The second kappa shape index (κ2) is 26.7. The zero-order valence-corrected chi connectivity index (χ0v) is 50.9. The van der Waals surface area contributed by atoms with Crippen molar-refractivity contribution in [2.24, 2.45) is 4.99 Å². The first-order chi connectivity index (χ1) is 41.5. The van der Waals surface area contributed by atoms with E-state index < -0.39 is 42.6 Å². The molecule has 3 aromatic carbocycles. The Morgan fingerprint density at radius 2 is 1.11 bits per heavy atom. The summed E-state index contributed by atoms with van der Waals surface area (Å²) in [7, 11) is 3.21. The van der Waals surface area contributed by atoms with Crippen molar-refractivity contribution in [2.45, 2.75) is 41.3 Å². The number of ether oxygens (including phenoxy) is 2. The van der Waals surface area contributed by atoms with Crippen LogP contribution in [0.2, 0.25) is 10.0 Å². The number of carbonyl (C=O) groups is 6. The van der Waals surface area contributed by atoms with E-state index in [0.29, 0.717) is 70.5 Å². The summed E-state index contributed by atoms with van der Waals surface area (Å²) in [5, 5.41) is 15.5. The van der Waals surface area contributed by atoms with Gasteiger partial charge in [-0.25, -0.2) is 24.3 Å². The van der Waals surface area contributed by atoms with E-state index in [1.54, 1.807) is 54.4 Å². The molecule has 0 saturated carbocycles. The summed E-state index contributed by atoms with van der Waals surface area (Å²) in [6, 6.07) is 24.9. The van der Waals surface area contributed by atoms with E-state index in [9.17, 15) is 28.8 Å². The smallest absolute Gasteiger partial charge is 0.244 e. The topological polar surface area (TPSA) is 285 Å². The molecule has 29 heteroatoms. The van der Waals surface area contributed by atoms with Crippen LogP contribution in [-0.4, -0.2) is 170 Å². The van der Waals surface area contributed by atoms with Crippen molar-refractivity contribution in [2.75, 3.05) is 89.5 Å². The molecular formula is C58H63Cl2IN14O12. The summed E-state index contributed by atoms with van der Waals surface area (Å²) >= 11 is 6.25. The molecule has 87 heavy (non-hydrogen) atoms. The van der Waals surface area contributed by atoms with Crippen molar-refractivity contribution in [1.29, 1.82) is 0 Å². The Morgan fingerprint density at radius 3 is 1.57 bits per heavy atom. The second-order valence-electron chi connectivity index (χ2n) is 19.5. The van der Waals surface area contributed by atoms with Gasteiger partial charge in [0.25, 0.3) is 0 Å². The number of benzene rings is 3. The first kappa shape index (κ1) is 62.4. The zero-order chi connectivity index (χ0) is 60.7. The number of aromatic nitrogens is 8. The molecule has 0 aliphatic carbocycles. The van der Waals surface area contributed by atoms with Crippen LogP contribution in [0.3, 0.4) is 0 Å². The molecule has 0 bridgehead atoms. The van der Waals surface area contributed by atoms with E-state index in [1.165, 1.54) is 18.2 Å². The van der Waals surface area contributed by atoms with Gasteiger partial charge in [0.1, 0.15) is 41.8 Å². The molecule has 2 fully saturated rings. The standard InChI is InChI=1S/C22H24ClN7O2.C22H22ClN7O2.C13H13IO8.CH4/c2*1-32-18-13-15(4-5-17(18)23)28-9-11-29(12-10-28)19(31)14-30-22-16(3-2-6-26-22)20(27-30)21-24-7-8-25-21;1-8(15)19-14(20-9(2)16,21-10(3)17)12-7-5-4-6-11(12)13(18)22-14;/h2-6,13H,7-12,14H2,1H3,(H,24,25);2-8,13H,9-12,14H2,1H3,(H,24,25);4-7H,1-3H3;1H4. The van der Waals surface area contributed by atoms with Crippen molar-refractivity contribution >= 4 is 117 Å². The van der Waals surface area contributed by atoms with Gasteiger partial charge in [-0.05, 0) is 48.5 Å². The summed E-state index contributed by atoms with van der Waals surface area (Å²) in [6.45, 7) is 10.3. The molecule has 0 atom stereocenters. The fourth-order valence-electron chi connectivity index (χ4n) is 10.00. The van der Waals surface area contributed by atoms with Crippen LogP contribution in [0, 0.1) is 3.57 Å². The maximum absolute atomic E-state index is 13.1. The molecule has 26 nitrogen and oxygen atoms in total. The summed E-state index contributed by atoms with van der Waals surface area (Å²) in [6.07, 6.45) is 6.85. The van der Waals surface area contributed by atoms with E-state index in [2.05, 4.69) is 50.2 Å². The summed E-state index contributed by atoms with van der Waals surface area (Å²) < 4.78 is 34.5. The zero-order valence-electron chi connectivity index (χ0n) is 47.3. The van der Waals surface area contributed by atoms with E-state index >= 15 is 0 Å². The minimum atomic E-state index is -6.03. The number of fused-ring (bicyclic) bond motifs is 3. The van der Waals surface area contributed by atoms with Crippen LogP contribution in [-0.2, 0) is 49.3 Å². The number of halogens is 3. The number of pyridine rings is 2. The number of nitrogens with one attached hydrogen (secondary N) is 2. The third-order valence-corrected chi connectivity index (χ3v) is 22.6. The molecule has 0 spiro atoms. The molecule has 9 heterocycles. The van der Waals surface area contributed by atoms with E-state index in [-0.39, 0.29) is 41.5 Å². The molecule has 4 aliphatic heterocycles. The normalized spacial score (nSPS) is 16.0. The van der Waals surface area contributed by atoms with E-state index in [4.69, 9.17) is 44.9 Å². The number of nitrogens with zero attached hydrogens (tertiary/aromatic N) is 12. The Balaban J connectivity index is 0.000000158. The van der Waals surface area contributed by atoms with Crippen molar-refractivity contribution in [1.82, 2.24) is 54.6 Å². The van der Waals surface area contributed by atoms with Crippen molar-refractivity contribution < 1.29 is 50.5 Å². The van der Waals surface area contributed by atoms with Crippen molar-refractivity contribution in [3.8, 4) is 23.0 Å².